The number of rotatable bonds is 6. The summed E-state index contributed by atoms with van der Waals surface area (Å²) >= 11 is 0. The molecule has 3 heteroatoms. The average Bonchev–Trinajstić information content (AvgIpc) is 2.81. The van der Waals surface area contributed by atoms with Gasteiger partial charge in [-0.1, -0.05) is 19.1 Å². The Balaban J connectivity index is 1.88. The number of ether oxygens (including phenoxy) is 2. The Labute approximate surface area is 103 Å². The van der Waals surface area contributed by atoms with E-state index in [1.165, 1.54) is 11.1 Å². The first-order chi connectivity index (χ1) is 8.31. The molecule has 0 saturated heterocycles. The Bertz CT molecular complexity index is 365. The maximum atomic E-state index is 6.15. The summed E-state index contributed by atoms with van der Waals surface area (Å²) in [7, 11) is 0. The minimum atomic E-state index is 0.0674. The summed E-state index contributed by atoms with van der Waals surface area (Å²) in [5.41, 5.74) is 8.62. The van der Waals surface area contributed by atoms with Crippen LogP contribution in [0.5, 0.6) is 5.75 Å². The van der Waals surface area contributed by atoms with Crippen LogP contribution in [0.4, 0.5) is 0 Å². The molecule has 1 atom stereocenters. The molecule has 1 aromatic carbocycles. The van der Waals surface area contributed by atoms with Gasteiger partial charge >= 0.3 is 0 Å². The van der Waals surface area contributed by atoms with E-state index < -0.39 is 0 Å². The fourth-order valence-corrected chi connectivity index (χ4v) is 2.06. The highest BCUT2D eigenvalue weighted by molar-refractivity contribution is 5.40. The van der Waals surface area contributed by atoms with Crippen LogP contribution in [-0.2, 0) is 11.2 Å². The summed E-state index contributed by atoms with van der Waals surface area (Å²) in [6.07, 6.45) is 2.94. The van der Waals surface area contributed by atoms with Crippen molar-refractivity contribution >= 4 is 0 Å². The molecule has 0 bridgehead atoms. The second kappa shape index (κ2) is 6.03. The molecule has 0 amide bonds. The zero-order valence-electron chi connectivity index (χ0n) is 10.4. The van der Waals surface area contributed by atoms with Crippen LogP contribution in [-0.4, -0.2) is 19.8 Å². The van der Waals surface area contributed by atoms with Gasteiger partial charge in [-0.05, 0) is 30.0 Å². The molecule has 1 aliphatic rings. The molecule has 1 aliphatic heterocycles. The summed E-state index contributed by atoms with van der Waals surface area (Å²) in [5.74, 6) is 1.02. The normalized spacial score (nSPS) is 15.4. The second-order valence-corrected chi connectivity index (χ2v) is 4.47. The first-order valence-electron chi connectivity index (χ1n) is 6.40. The monoisotopic (exact) mass is 235 g/mol. The Morgan fingerprint density at radius 3 is 3.12 bits per heavy atom. The SMILES string of the molecule is CCCOCCC(N)c1ccc2c(c1)CCO2. The van der Waals surface area contributed by atoms with Gasteiger partial charge in [-0.2, -0.15) is 0 Å². The van der Waals surface area contributed by atoms with Crippen LogP contribution >= 0.6 is 0 Å². The standard InChI is InChI=1S/C14H21NO2/c1-2-7-16-8-6-13(15)11-3-4-14-12(10-11)5-9-17-14/h3-4,10,13H,2,5-9,15H2,1H3. The molecule has 0 aromatic heterocycles. The molecule has 0 fully saturated rings. The smallest absolute Gasteiger partial charge is 0.122 e. The lowest BCUT2D eigenvalue weighted by atomic mass is 10.0. The van der Waals surface area contributed by atoms with E-state index in [1.807, 2.05) is 6.07 Å². The van der Waals surface area contributed by atoms with Crippen molar-refractivity contribution < 1.29 is 9.47 Å². The van der Waals surface area contributed by atoms with Crippen LogP contribution in [0.25, 0.3) is 0 Å². The predicted octanol–water partition coefficient (Wildman–Crippen LogP) is 2.44. The van der Waals surface area contributed by atoms with Crippen molar-refractivity contribution in [1.29, 1.82) is 0 Å². The fraction of sp³-hybridized carbons (Fsp3) is 0.571. The van der Waals surface area contributed by atoms with Crippen LogP contribution < -0.4 is 10.5 Å². The highest BCUT2D eigenvalue weighted by atomic mass is 16.5. The van der Waals surface area contributed by atoms with Crippen LogP contribution in [0.1, 0.15) is 36.9 Å². The highest BCUT2D eigenvalue weighted by Crippen LogP contribution is 2.28. The van der Waals surface area contributed by atoms with Gasteiger partial charge in [-0.3, -0.25) is 0 Å². The van der Waals surface area contributed by atoms with E-state index in [4.69, 9.17) is 15.2 Å². The summed E-state index contributed by atoms with van der Waals surface area (Å²) in [6.45, 7) is 4.47. The zero-order chi connectivity index (χ0) is 12.1. The fourth-order valence-electron chi connectivity index (χ4n) is 2.06. The van der Waals surface area contributed by atoms with Crippen molar-refractivity contribution in [2.45, 2.75) is 32.2 Å². The summed E-state index contributed by atoms with van der Waals surface area (Å²) < 4.78 is 10.9. The van der Waals surface area contributed by atoms with Crippen molar-refractivity contribution in [2.24, 2.45) is 5.73 Å². The number of fused-ring (bicyclic) bond motifs is 1. The first-order valence-corrected chi connectivity index (χ1v) is 6.40. The molecule has 0 saturated carbocycles. The molecule has 17 heavy (non-hydrogen) atoms. The number of nitrogens with two attached hydrogens (primary N) is 1. The van der Waals surface area contributed by atoms with Gasteiger partial charge in [-0.25, -0.2) is 0 Å². The summed E-state index contributed by atoms with van der Waals surface area (Å²) in [4.78, 5) is 0. The van der Waals surface area contributed by atoms with Crippen molar-refractivity contribution in [1.82, 2.24) is 0 Å². The van der Waals surface area contributed by atoms with E-state index in [0.717, 1.165) is 44.8 Å². The highest BCUT2D eigenvalue weighted by Gasteiger charge is 2.14. The van der Waals surface area contributed by atoms with E-state index in [2.05, 4.69) is 19.1 Å². The Morgan fingerprint density at radius 2 is 2.29 bits per heavy atom. The second-order valence-electron chi connectivity index (χ2n) is 4.47. The zero-order valence-corrected chi connectivity index (χ0v) is 10.4. The van der Waals surface area contributed by atoms with Crippen molar-refractivity contribution in [3.05, 3.63) is 29.3 Å². The lowest BCUT2D eigenvalue weighted by molar-refractivity contribution is 0.128. The molecule has 1 heterocycles. The third-order valence-electron chi connectivity index (χ3n) is 3.06. The topological polar surface area (TPSA) is 44.5 Å². The van der Waals surface area contributed by atoms with Crippen LogP contribution in [0.15, 0.2) is 18.2 Å². The van der Waals surface area contributed by atoms with Gasteiger partial charge in [0.15, 0.2) is 0 Å². The van der Waals surface area contributed by atoms with Crippen molar-refractivity contribution in [3.8, 4) is 5.75 Å². The number of hydrogen-bond acceptors (Lipinski definition) is 3. The van der Waals surface area contributed by atoms with Crippen LogP contribution in [0.2, 0.25) is 0 Å². The molecule has 0 aliphatic carbocycles. The molecule has 0 radical (unpaired) electrons. The Morgan fingerprint density at radius 1 is 1.41 bits per heavy atom. The minimum Gasteiger partial charge on any atom is -0.493 e. The Kier molecular flexibility index (Phi) is 4.40. The largest absolute Gasteiger partial charge is 0.493 e. The van der Waals surface area contributed by atoms with Crippen LogP contribution in [0.3, 0.4) is 0 Å². The lowest BCUT2D eigenvalue weighted by Crippen LogP contribution is -2.13. The van der Waals surface area contributed by atoms with Gasteiger partial charge in [0.05, 0.1) is 6.61 Å². The first kappa shape index (κ1) is 12.4. The molecule has 94 valence electrons. The maximum Gasteiger partial charge on any atom is 0.122 e. The van der Waals surface area contributed by atoms with Gasteiger partial charge in [0, 0.05) is 25.7 Å². The van der Waals surface area contributed by atoms with Gasteiger partial charge in [-0.15, -0.1) is 0 Å². The molecular weight excluding hydrogens is 214 g/mol. The summed E-state index contributed by atoms with van der Waals surface area (Å²) in [6, 6.07) is 6.34. The number of benzene rings is 1. The van der Waals surface area contributed by atoms with Crippen molar-refractivity contribution in [2.75, 3.05) is 19.8 Å². The molecule has 2 rings (SSSR count). The van der Waals surface area contributed by atoms with E-state index >= 15 is 0 Å². The van der Waals surface area contributed by atoms with Gasteiger partial charge in [0.1, 0.15) is 5.75 Å². The minimum absolute atomic E-state index is 0.0674. The van der Waals surface area contributed by atoms with Gasteiger partial charge in [0.2, 0.25) is 0 Å². The predicted molar refractivity (Wildman–Crippen MR) is 68.3 cm³/mol. The molecular formula is C14H21NO2. The molecule has 3 nitrogen and oxygen atoms in total. The van der Waals surface area contributed by atoms with Gasteiger partial charge < -0.3 is 15.2 Å². The van der Waals surface area contributed by atoms with Gasteiger partial charge in [0.25, 0.3) is 0 Å². The van der Waals surface area contributed by atoms with E-state index in [9.17, 15) is 0 Å². The molecule has 0 spiro atoms. The Hall–Kier alpha value is -1.06. The average molecular weight is 235 g/mol. The summed E-state index contributed by atoms with van der Waals surface area (Å²) in [5, 5.41) is 0. The van der Waals surface area contributed by atoms with E-state index in [0.29, 0.717) is 0 Å². The van der Waals surface area contributed by atoms with E-state index in [-0.39, 0.29) is 6.04 Å². The van der Waals surface area contributed by atoms with Crippen molar-refractivity contribution in [3.63, 3.8) is 0 Å². The molecule has 1 unspecified atom stereocenters. The van der Waals surface area contributed by atoms with Crippen LogP contribution in [0, 0.1) is 0 Å². The molecule has 1 aromatic rings. The molecule has 2 N–H and O–H groups in total. The van der Waals surface area contributed by atoms with E-state index in [1.54, 1.807) is 0 Å². The quantitative estimate of drug-likeness (QED) is 0.770. The lowest BCUT2D eigenvalue weighted by Gasteiger charge is -2.13. The third-order valence-corrected chi connectivity index (χ3v) is 3.06. The third kappa shape index (κ3) is 3.20. The number of hydrogen-bond donors (Lipinski definition) is 1. The maximum absolute atomic E-state index is 6.15.